The molecule has 1 aliphatic heterocycles. The van der Waals surface area contributed by atoms with Crippen LogP contribution >= 0.6 is 0 Å². The molecule has 30 heavy (non-hydrogen) atoms. The maximum absolute atomic E-state index is 13.3. The lowest BCUT2D eigenvalue weighted by Crippen LogP contribution is -2.62. The number of nitrogens with one attached hydrogen (secondary N) is 1. The molecular weight excluding hydrogens is 372 g/mol. The highest BCUT2D eigenvalue weighted by molar-refractivity contribution is 6.26. The molecule has 1 saturated heterocycles. The van der Waals surface area contributed by atoms with E-state index in [1.54, 1.807) is 0 Å². The van der Waals surface area contributed by atoms with Gasteiger partial charge in [0.05, 0.1) is 6.10 Å². The summed E-state index contributed by atoms with van der Waals surface area (Å²) in [4.78, 5) is 13.3. The molecule has 154 valence electrons. The molecule has 0 unspecified atom stereocenters. The van der Waals surface area contributed by atoms with Gasteiger partial charge in [-0.2, -0.15) is 0 Å². The Morgan fingerprint density at radius 3 is 2.03 bits per heavy atom. The van der Waals surface area contributed by atoms with Crippen molar-refractivity contribution in [3.05, 3.63) is 60.2 Å². The maximum atomic E-state index is 13.3. The maximum Gasteiger partial charge on any atom is 0.266 e. The van der Waals surface area contributed by atoms with Gasteiger partial charge in [0, 0.05) is 29.5 Å². The lowest BCUT2D eigenvalue weighted by molar-refractivity contribution is -0.117. The number of hydrazine groups is 1. The molecule has 1 heterocycles. The highest BCUT2D eigenvalue weighted by Crippen LogP contribution is 2.40. The average Bonchev–Trinajstić information content (AvgIpc) is 2.69. The van der Waals surface area contributed by atoms with Crippen molar-refractivity contribution in [1.82, 2.24) is 10.4 Å². The van der Waals surface area contributed by atoms with Crippen LogP contribution in [0.15, 0.2) is 54.6 Å². The molecule has 0 spiro atoms. The molecule has 0 bridgehead atoms. The highest BCUT2D eigenvalue weighted by Gasteiger charge is 2.46. The SMILES string of the molecule is CC1(C)CN(NC(=O)c2ccc3ccc4cccc5ccc2c3c45)CC(C)(C)C1O. The molecule has 0 aliphatic carbocycles. The standard InChI is InChI=1S/C26H28N2O2/c1-25(2)14-28(15-26(3,4)24(25)30)27-23(29)20-13-11-18-9-8-16-6-5-7-17-10-12-19(20)22(18)21(16)17/h5-13,24,30H,14-15H2,1-4H3,(H,27,29). The summed E-state index contributed by atoms with van der Waals surface area (Å²) < 4.78 is 0. The first kappa shape index (κ1) is 19.3. The molecule has 5 rings (SSSR count). The molecule has 0 saturated carbocycles. The van der Waals surface area contributed by atoms with Gasteiger partial charge in [0.25, 0.3) is 5.91 Å². The van der Waals surface area contributed by atoms with E-state index < -0.39 is 6.10 Å². The van der Waals surface area contributed by atoms with Crippen LogP contribution in [0.25, 0.3) is 32.3 Å². The van der Waals surface area contributed by atoms with Crippen molar-refractivity contribution in [3.8, 4) is 0 Å². The van der Waals surface area contributed by atoms with Crippen LogP contribution in [0.5, 0.6) is 0 Å². The van der Waals surface area contributed by atoms with Crippen LogP contribution in [-0.4, -0.2) is 35.2 Å². The number of aliphatic hydroxyl groups excluding tert-OH is 1. The van der Waals surface area contributed by atoms with Crippen LogP contribution in [0.2, 0.25) is 0 Å². The van der Waals surface area contributed by atoms with Gasteiger partial charge in [0.2, 0.25) is 0 Å². The van der Waals surface area contributed by atoms with Crippen molar-refractivity contribution in [2.45, 2.75) is 33.8 Å². The molecule has 0 radical (unpaired) electrons. The van der Waals surface area contributed by atoms with Crippen LogP contribution in [-0.2, 0) is 0 Å². The molecular formula is C26H28N2O2. The first-order valence-electron chi connectivity index (χ1n) is 10.6. The van der Waals surface area contributed by atoms with E-state index in [1.807, 2.05) is 44.8 Å². The lowest BCUT2D eigenvalue weighted by Gasteiger charge is -2.50. The number of amides is 1. The number of carbonyl (C=O) groups is 1. The van der Waals surface area contributed by atoms with Crippen LogP contribution in [0, 0.1) is 10.8 Å². The van der Waals surface area contributed by atoms with Crippen molar-refractivity contribution in [3.63, 3.8) is 0 Å². The molecule has 1 fully saturated rings. The molecule has 0 aromatic heterocycles. The van der Waals surface area contributed by atoms with Gasteiger partial charge in [0.1, 0.15) is 0 Å². The summed E-state index contributed by atoms with van der Waals surface area (Å²) in [7, 11) is 0. The van der Waals surface area contributed by atoms with E-state index in [0.717, 1.165) is 16.2 Å². The zero-order valence-electron chi connectivity index (χ0n) is 18.0. The minimum atomic E-state index is -0.423. The van der Waals surface area contributed by atoms with E-state index in [-0.39, 0.29) is 16.7 Å². The van der Waals surface area contributed by atoms with Gasteiger partial charge in [-0.05, 0) is 38.4 Å². The number of aliphatic hydroxyl groups is 1. The fraction of sp³-hybridized carbons (Fsp3) is 0.346. The second-order valence-corrected chi connectivity index (χ2v) is 10.1. The number of hydrogen-bond acceptors (Lipinski definition) is 3. The van der Waals surface area contributed by atoms with Gasteiger partial charge < -0.3 is 5.11 Å². The number of rotatable bonds is 2. The van der Waals surface area contributed by atoms with Gasteiger partial charge in [-0.1, -0.05) is 76.2 Å². The van der Waals surface area contributed by atoms with Crippen molar-refractivity contribution in [2.24, 2.45) is 10.8 Å². The molecule has 2 N–H and O–H groups in total. The van der Waals surface area contributed by atoms with E-state index in [9.17, 15) is 9.90 Å². The predicted octanol–water partition coefficient (Wildman–Crippen LogP) is 4.96. The fourth-order valence-electron chi connectivity index (χ4n) is 5.49. The second kappa shape index (κ2) is 6.40. The Kier molecular flexibility index (Phi) is 4.12. The molecule has 0 atom stereocenters. The molecule has 4 heteroatoms. The van der Waals surface area contributed by atoms with Crippen molar-refractivity contribution in [2.75, 3.05) is 13.1 Å². The third-order valence-electron chi connectivity index (χ3n) is 6.71. The largest absolute Gasteiger partial charge is 0.392 e. The Bertz CT molecular complexity index is 1240. The summed E-state index contributed by atoms with van der Waals surface area (Å²) >= 11 is 0. The summed E-state index contributed by atoms with van der Waals surface area (Å²) in [6.07, 6.45) is -0.423. The van der Waals surface area contributed by atoms with Gasteiger partial charge in [-0.15, -0.1) is 0 Å². The van der Waals surface area contributed by atoms with Crippen molar-refractivity contribution in [1.29, 1.82) is 0 Å². The smallest absolute Gasteiger partial charge is 0.266 e. The number of nitrogens with zero attached hydrogens (tertiary/aromatic N) is 1. The van der Waals surface area contributed by atoms with Gasteiger partial charge in [-0.25, -0.2) is 5.01 Å². The first-order chi connectivity index (χ1) is 14.2. The Labute approximate surface area is 176 Å². The molecule has 4 aromatic carbocycles. The normalized spacial score (nSPS) is 19.6. The van der Waals surface area contributed by atoms with Crippen LogP contribution in [0.1, 0.15) is 38.1 Å². The predicted molar refractivity (Wildman–Crippen MR) is 123 cm³/mol. The van der Waals surface area contributed by atoms with E-state index in [0.29, 0.717) is 18.7 Å². The minimum absolute atomic E-state index is 0.101. The Balaban J connectivity index is 1.56. The topological polar surface area (TPSA) is 52.6 Å². The average molecular weight is 401 g/mol. The third kappa shape index (κ3) is 2.86. The van der Waals surface area contributed by atoms with Crippen LogP contribution in [0.4, 0.5) is 0 Å². The van der Waals surface area contributed by atoms with Crippen LogP contribution < -0.4 is 5.43 Å². The number of hydrogen-bond donors (Lipinski definition) is 2. The van der Waals surface area contributed by atoms with E-state index >= 15 is 0 Å². The fourth-order valence-corrected chi connectivity index (χ4v) is 5.49. The molecule has 1 aliphatic rings. The minimum Gasteiger partial charge on any atom is -0.392 e. The van der Waals surface area contributed by atoms with E-state index in [1.165, 1.54) is 16.2 Å². The summed E-state index contributed by atoms with van der Waals surface area (Å²) in [5.41, 5.74) is 3.19. The summed E-state index contributed by atoms with van der Waals surface area (Å²) in [6, 6.07) is 18.7. The van der Waals surface area contributed by atoms with Crippen LogP contribution in [0.3, 0.4) is 0 Å². The monoisotopic (exact) mass is 400 g/mol. The van der Waals surface area contributed by atoms with Gasteiger partial charge >= 0.3 is 0 Å². The summed E-state index contributed by atoms with van der Waals surface area (Å²) in [5.74, 6) is -0.101. The number of piperidine rings is 1. The van der Waals surface area contributed by atoms with E-state index in [2.05, 4.69) is 47.9 Å². The third-order valence-corrected chi connectivity index (χ3v) is 6.71. The first-order valence-corrected chi connectivity index (χ1v) is 10.6. The zero-order chi connectivity index (χ0) is 21.3. The van der Waals surface area contributed by atoms with Crippen molar-refractivity contribution >= 4 is 38.2 Å². The van der Waals surface area contributed by atoms with Crippen molar-refractivity contribution < 1.29 is 9.90 Å². The highest BCUT2D eigenvalue weighted by atomic mass is 16.3. The van der Waals surface area contributed by atoms with Gasteiger partial charge in [0.15, 0.2) is 0 Å². The summed E-state index contributed by atoms with van der Waals surface area (Å²) in [6.45, 7) is 9.41. The van der Waals surface area contributed by atoms with E-state index in [4.69, 9.17) is 0 Å². The second-order valence-electron chi connectivity index (χ2n) is 10.1. The molecule has 4 aromatic rings. The summed E-state index contributed by atoms with van der Waals surface area (Å²) in [5, 5.41) is 19.5. The number of carbonyl (C=O) groups excluding carboxylic acids is 1. The van der Waals surface area contributed by atoms with Gasteiger partial charge in [-0.3, -0.25) is 10.2 Å². The Morgan fingerprint density at radius 1 is 0.867 bits per heavy atom. The zero-order valence-corrected chi connectivity index (χ0v) is 18.0. The number of benzene rings is 4. The lowest BCUT2D eigenvalue weighted by atomic mass is 9.69. The quantitative estimate of drug-likeness (QED) is 0.468. The Hall–Kier alpha value is -2.69. The molecule has 4 nitrogen and oxygen atoms in total. The Morgan fingerprint density at radius 2 is 1.40 bits per heavy atom. The molecule has 1 amide bonds.